The molecule has 1 aromatic rings. The zero-order valence-corrected chi connectivity index (χ0v) is 10.1. The van der Waals surface area contributed by atoms with Gasteiger partial charge in [0.25, 0.3) is 0 Å². The Bertz CT molecular complexity index is 351. The van der Waals surface area contributed by atoms with Crippen LogP contribution in [0.15, 0.2) is 24.3 Å². The van der Waals surface area contributed by atoms with E-state index in [1.54, 1.807) is 24.3 Å². The maximum absolute atomic E-state index is 13.3. The number of hydrogen-bond donors (Lipinski definition) is 2. The summed E-state index contributed by atoms with van der Waals surface area (Å²) in [7, 11) is 0. The number of amidine groups is 1. The second-order valence-corrected chi connectivity index (χ2v) is 3.99. The maximum atomic E-state index is 13.3. The monoisotopic (exact) mass is 238 g/mol. The summed E-state index contributed by atoms with van der Waals surface area (Å²) in [5.74, 6) is 0.622. The van der Waals surface area contributed by atoms with Crippen LogP contribution in [0, 0.1) is 5.41 Å². The molecule has 0 amide bonds. The molecule has 4 heteroatoms. The lowest BCUT2D eigenvalue weighted by Gasteiger charge is -2.10. The van der Waals surface area contributed by atoms with Crippen LogP contribution < -0.4 is 10.5 Å². The molecule has 1 atom stereocenters. The van der Waals surface area contributed by atoms with Crippen molar-refractivity contribution in [2.24, 2.45) is 5.73 Å². The highest BCUT2D eigenvalue weighted by Gasteiger charge is 2.06. The first-order chi connectivity index (χ1) is 8.13. The van der Waals surface area contributed by atoms with Gasteiger partial charge in [0.1, 0.15) is 24.4 Å². The van der Waals surface area contributed by atoms with Crippen molar-refractivity contribution in [1.29, 1.82) is 5.41 Å². The number of rotatable bonds is 7. The predicted octanol–water partition coefficient (Wildman–Crippen LogP) is 2.88. The highest BCUT2D eigenvalue weighted by Crippen LogP contribution is 2.13. The van der Waals surface area contributed by atoms with Crippen LogP contribution in [0.3, 0.4) is 0 Å². The quantitative estimate of drug-likeness (QED) is 0.567. The first-order valence-corrected chi connectivity index (χ1v) is 5.84. The number of unbranched alkanes of at least 4 members (excludes halogenated alkanes) is 1. The van der Waals surface area contributed by atoms with Crippen LogP contribution in [0.25, 0.3) is 0 Å². The van der Waals surface area contributed by atoms with Crippen molar-refractivity contribution in [3.05, 3.63) is 29.8 Å². The lowest BCUT2D eigenvalue weighted by molar-refractivity contribution is 0.184. The fourth-order valence-corrected chi connectivity index (χ4v) is 1.43. The first kappa shape index (κ1) is 13.5. The molecule has 0 bridgehead atoms. The third kappa shape index (κ3) is 4.85. The van der Waals surface area contributed by atoms with Gasteiger partial charge in [0.2, 0.25) is 0 Å². The molecule has 0 aliphatic heterocycles. The average molecular weight is 238 g/mol. The zero-order chi connectivity index (χ0) is 12.7. The van der Waals surface area contributed by atoms with Crippen LogP contribution in [-0.4, -0.2) is 18.6 Å². The molecule has 0 aliphatic rings. The molecule has 0 saturated carbocycles. The second-order valence-electron chi connectivity index (χ2n) is 3.99. The van der Waals surface area contributed by atoms with E-state index in [0.29, 0.717) is 17.7 Å². The maximum Gasteiger partial charge on any atom is 0.134 e. The van der Waals surface area contributed by atoms with E-state index in [1.807, 2.05) is 6.92 Å². The third-order valence-corrected chi connectivity index (χ3v) is 2.47. The Hall–Kier alpha value is -1.58. The highest BCUT2D eigenvalue weighted by molar-refractivity contribution is 5.94. The van der Waals surface area contributed by atoms with Gasteiger partial charge in [-0.1, -0.05) is 19.8 Å². The topological polar surface area (TPSA) is 59.1 Å². The fourth-order valence-electron chi connectivity index (χ4n) is 1.43. The molecule has 94 valence electrons. The SMILES string of the molecule is CCCC[C@H](F)COc1ccc(C(=N)N)cc1. The Morgan fingerprint density at radius 1 is 1.41 bits per heavy atom. The Morgan fingerprint density at radius 3 is 2.59 bits per heavy atom. The minimum absolute atomic E-state index is 0.0165. The lowest BCUT2D eigenvalue weighted by Crippen LogP contribution is -2.13. The van der Waals surface area contributed by atoms with Gasteiger partial charge in [0.05, 0.1) is 0 Å². The summed E-state index contributed by atoms with van der Waals surface area (Å²) in [5, 5.41) is 7.23. The highest BCUT2D eigenvalue weighted by atomic mass is 19.1. The van der Waals surface area contributed by atoms with Gasteiger partial charge < -0.3 is 10.5 Å². The molecule has 0 spiro atoms. The number of halogens is 1. The van der Waals surface area contributed by atoms with E-state index in [2.05, 4.69) is 0 Å². The Kier molecular flexibility index (Phi) is 5.46. The summed E-state index contributed by atoms with van der Waals surface area (Å²) in [4.78, 5) is 0. The van der Waals surface area contributed by atoms with E-state index < -0.39 is 6.17 Å². The van der Waals surface area contributed by atoms with Gasteiger partial charge in [-0.25, -0.2) is 4.39 Å². The summed E-state index contributed by atoms with van der Waals surface area (Å²) in [6.45, 7) is 2.12. The number of benzene rings is 1. The number of nitrogens with two attached hydrogens (primary N) is 1. The van der Waals surface area contributed by atoms with Crippen molar-refractivity contribution < 1.29 is 9.13 Å². The molecule has 1 rings (SSSR count). The van der Waals surface area contributed by atoms with Crippen molar-refractivity contribution >= 4 is 5.84 Å². The van der Waals surface area contributed by atoms with Gasteiger partial charge in [-0.05, 0) is 30.7 Å². The van der Waals surface area contributed by atoms with Gasteiger partial charge in [0.15, 0.2) is 0 Å². The first-order valence-electron chi connectivity index (χ1n) is 5.84. The van der Waals surface area contributed by atoms with Crippen LogP contribution in [0.4, 0.5) is 4.39 Å². The number of nitrogens with one attached hydrogen (secondary N) is 1. The molecule has 0 fully saturated rings. The normalized spacial score (nSPS) is 12.1. The number of hydrogen-bond acceptors (Lipinski definition) is 2. The second kappa shape index (κ2) is 6.89. The fraction of sp³-hybridized carbons (Fsp3) is 0.462. The Labute approximate surface area is 101 Å². The number of alkyl halides is 1. The summed E-state index contributed by atoms with van der Waals surface area (Å²) in [6, 6.07) is 6.78. The van der Waals surface area contributed by atoms with Crippen LogP contribution in [0.5, 0.6) is 5.75 Å². The van der Waals surface area contributed by atoms with E-state index in [-0.39, 0.29) is 12.4 Å². The van der Waals surface area contributed by atoms with Crippen molar-refractivity contribution in [2.45, 2.75) is 32.4 Å². The third-order valence-electron chi connectivity index (χ3n) is 2.47. The smallest absolute Gasteiger partial charge is 0.134 e. The van der Waals surface area contributed by atoms with E-state index in [0.717, 1.165) is 12.8 Å². The van der Waals surface area contributed by atoms with Crippen LogP contribution in [-0.2, 0) is 0 Å². The van der Waals surface area contributed by atoms with Crippen LogP contribution >= 0.6 is 0 Å². The van der Waals surface area contributed by atoms with E-state index in [4.69, 9.17) is 15.9 Å². The molecule has 3 nitrogen and oxygen atoms in total. The van der Waals surface area contributed by atoms with E-state index >= 15 is 0 Å². The average Bonchev–Trinajstić information content (AvgIpc) is 2.34. The Morgan fingerprint density at radius 2 is 2.06 bits per heavy atom. The van der Waals surface area contributed by atoms with Gasteiger partial charge >= 0.3 is 0 Å². The number of ether oxygens (including phenoxy) is 1. The molecule has 17 heavy (non-hydrogen) atoms. The van der Waals surface area contributed by atoms with Gasteiger partial charge in [-0.3, -0.25) is 5.41 Å². The molecular formula is C13H19FN2O. The molecule has 0 heterocycles. The van der Waals surface area contributed by atoms with Crippen molar-refractivity contribution in [2.75, 3.05) is 6.61 Å². The van der Waals surface area contributed by atoms with Crippen molar-refractivity contribution in [3.8, 4) is 5.75 Å². The largest absolute Gasteiger partial charge is 0.491 e. The standard InChI is InChI=1S/C13H19FN2O/c1-2-3-4-11(14)9-17-12-7-5-10(6-8-12)13(15)16/h5-8,11H,2-4,9H2,1H3,(H3,15,16)/t11-/m0/s1. The molecule has 0 radical (unpaired) electrons. The summed E-state index contributed by atoms with van der Waals surface area (Å²) in [5.41, 5.74) is 5.96. The van der Waals surface area contributed by atoms with Gasteiger partial charge in [0, 0.05) is 5.56 Å². The summed E-state index contributed by atoms with van der Waals surface area (Å²) in [6.07, 6.45) is 1.51. The van der Waals surface area contributed by atoms with Crippen LogP contribution in [0.2, 0.25) is 0 Å². The van der Waals surface area contributed by atoms with Gasteiger partial charge in [-0.15, -0.1) is 0 Å². The lowest BCUT2D eigenvalue weighted by atomic mass is 10.2. The van der Waals surface area contributed by atoms with Crippen molar-refractivity contribution in [3.63, 3.8) is 0 Å². The van der Waals surface area contributed by atoms with Crippen molar-refractivity contribution in [1.82, 2.24) is 0 Å². The van der Waals surface area contributed by atoms with Crippen LogP contribution in [0.1, 0.15) is 31.7 Å². The molecule has 0 aromatic heterocycles. The van der Waals surface area contributed by atoms with E-state index in [9.17, 15) is 4.39 Å². The minimum Gasteiger partial charge on any atom is -0.491 e. The molecule has 0 saturated heterocycles. The zero-order valence-electron chi connectivity index (χ0n) is 10.1. The summed E-state index contributed by atoms with van der Waals surface area (Å²) < 4.78 is 18.6. The molecule has 0 aliphatic carbocycles. The predicted molar refractivity (Wildman–Crippen MR) is 67.4 cm³/mol. The molecule has 3 N–H and O–H groups in total. The molecule has 1 aromatic carbocycles. The minimum atomic E-state index is -0.914. The number of nitrogen functional groups attached to an aromatic ring is 1. The van der Waals surface area contributed by atoms with E-state index in [1.165, 1.54) is 0 Å². The van der Waals surface area contributed by atoms with Gasteiger partial charge in [-0.2, -0.15) is 0 Å². The summed E-state index contributed by atoms with van der Waals surface area (Å²) >= 11 is 0. The molecule has 0 unspecified atom stereocenters. The molecular weight excluding hydrogens is 219 g/mol. The Balaban J connectivity index is 2.39.